The molecule has 0 bridgehead atoms. The van der Waals surface area contributed by atoms with Crippen LogP contribution in [-0.4, -0.2) is 29.1 Å². The molecule has 4 heteroatoms. The van der Waals surface area contributed by atoms with Crippen LogP contribution in [0.15, 0.2) is 28.8 Å². The van der Waals surface area contributed by atoms with Crippen molar-refractivity contribution >= 4 is 16.9 Å². The van der Waals surface area contributed by atoms with E-state index in [0.717, 1.165) is 36.2 Å². The molecule has 0 radical (unpaired) electrons. The zero-order valence-corrected chi connectivity index (χ0v) is 11.1. The number of carbonyl (C=O) groups excluding carboxylic acids is 1. The van der Waals surface area contributed by atoms with Crippen molar-refractivity contribution in [3.63, 3.8) is 0 Å². The second-order valence-corrected chi connectivity index (χ2v) is 5.39. The number of aromatic nitrogens is 1. The molecule has 0 aliphatic carbocycles. The summed E-state index contributed by atoms with van der Waals surface area (Å²) in [6.07, 6.45) is 2.66. The Morgan fingerprint density at radius 1 is 1.47 bits per heavy atom. The summed E-state index contributed by atoms with van der Waals surface area (Å²) in [7, 11) is 0. The van der Waals surface area contributed by atoms with Crippen LogP contribution in [0.2, 0.25) is 0 Å². The van der Waals surface area contributed by atoms with Crippen LogP contribution in [-0.2, 0) is 11.2 Å². The minimum absolute atomic E-state index is 0.158. The number of amides is 1. The monoisotopic (exact) mass is 258 g/mol. The Morgan fingerprint density at radius 3 is 3.16 bits per heavy atom. The van der Waals surface area contributed by atoms with E-state index in [4.69, 9.17) is 4.52 Å². The normalized spacial score (nSPS) is 19.8. The van der Waals surface area contributed by atoms with E-state index >= 15 is 0 Å². The first-order chi connectivity index (χ1) is 9.24. The van der Waals surface area contributed by atoms with Gasteiger partial charge in [-0.25, -0.2) is 0 Å². The van der Waals surface area contributed by atoms with Gasteiger partial charge in [0.2, 0.25) is 5.91 Å². The highest BCUT2D eigenvalue weighted by atomic mass is 16.5. The van der Waals surface area contributed by atoms with Crippen molar-refractivity contribution in [2.45, 2.75) is 26.2 Å². The molecular formula is C15H18N2O2. The van der Waals surface area contributed by atoms with Crippen LogP contribution in [0.3, 0.4) is 0 Å². The second-order valence-electron chi connectivity index (χ2n) is 5.39. The minimum Gasteiger partial charge on any atom is -0.356 e. The Balaban J connectivity index is 1.75. The van der Waals surface area contributed by atoms with Gasteiger partial charge in [0.1, 0.15) is 5.69 Å². The predicted molar refractivity (Wildman–Crippen MR) is 72.7 cm³/mol. The van der Waals surface area contributed by atoms with Crippen LogP contribution >= 0.6 is 0 Å². The first kappa shape index (κ1) is 12.2. The highest BCUT2D eigenvalue weighted by Gasteiger charge is 2.22. The van der Waals surface area contributed by atoms with Gasteiger partial charge in [0.25, 0.3) is 0 Å². The summed E-state index contributed by atoms with van der Waals surface area (Å²) in [5, 5.41) is 4.97. The summed E-state index contributed by atoms with van der Waals surface area (Å²) in [4.78, 5) is 14.3. The summed E-state index contributed by atoms with van der Waals surface area (Å²) in [5.41, 5.74) is 1.50. The molecule has 1 saturated heterocycles. The quantitative estimate of drug-likeness (QED) is 0.832. The molecule has 2 aromatic rings. The molecule has 1 atom stereocenters. The third-order valence-electron chi connectivity index (χ3n) is 3.78. The number of fused-ring (bicyclic) bond motifs is 1. The number of carbonyl (C=O) groups is 1. The van der Waals surface area contributed by atoms with Crippen molar-refractivity contribution in [3.8, 4) is 0 Å². The number of rotatable bonds is 2. The summed E-state index contributed by atoms with van der Waals surface area (Å²) >= 11 is 0. The number of para-hydroxylation sites is 1. The largest absolute Gasteiger partial charge is 0.356 e. The van der Waals surface area contributed by atoms with Crippen molar-refractivity contribution in [1.29, 1.82) is 0 Å². The maximum atomic E-state index is 12.3. The Morgan fingerprint density at radius 2 is 2.32 bits per heavy atom. The van der Waals surface area contributed by atoms with Crippen molar-refractivity contribution in [3.05, 3.63) is 30.0 Å². The van der Waals surface area contributed by atoms with Crippen LogP contribution in [0, 0.1) is 5.92 Å². The third kappa shape index (κ3) is 2.48. The highest BCUT2D eigenvalue weighted by molar-refractivity contribution is 5.86. The summed E-state index contributed by atoms with van der Waals surface area (Å²) in [6.45, 7) is 3.94. The van der Waals surface area contributed by atoms with E-state index < -0.39 is 0 Å². The van der Waals surface area contributed by atoms with Gasteiger partial charge in [0.15, 0.2) is 5.58 Å². The van der Waals surface area contributed by atoms with Crippen LogP contribution in [0.1, 0.15) is 25.5 Å². The fraction of sp³-hybridized carbons (Fsp3) is 0.467. The molecule has 1 fully saturated rings. The van der Waals surface area contributed by atoms with Gasteiger partial charge in [-0.05, 0) is 30.9 Å². The SMILES string of the molecule is CC1CCCN(C(=O)Cc2noc3ccccc23)C1. The van der Waals surface area contributed by atoms with E-state index in [1.165, 1.54) is 6.42 Å². The summed E-state index contributed by atoms with van der Waals surface area (Å²) < 4.78 is 5.24. The van der Waals surface area contributed by atoms with Crippen LogP contribution in [0.25, 0.3) is 11.0 Å². The number of nitrogens with zero attached hydrogens (tertiary/aromatic N) is 2. The Bertz CT molecular complexity index is 591. The van der Waals surface area contributed by atoms with Crippen molar-refractivity contribution in [2.75, 3.05) is 13.1 Å². The van der Waals surface area contributed by atoms with Gasteiger partial charge in [-0.15, -0.1) is 0 Å². The van der Waals surface area contributed by atoms with Crippen LogP contribution < -0.4 is 0 Å². The molecule has 19 heavy (non-hydrogen) atoms. The first-order valence-electron chi connectivity index (χ1n) is 6.85. The van der Waals surface area contributed by atoms with E-state index in [1.807, 2.05) is 29.2 Å². The lowest BCUT2D eigenvalue weighted by atomic mass is 10.00. The van der Waals surface area contributed by atoms with Crippen LogP contribution in [0.4, 0.5) is 0 Å². The number of likely N-dealkylation sites (tertiary alicyclic amines) is 1. The van der Waals surface area contributed by atoms with E-state index in [0.29, 0.717) is 12.3 Å². The molecule has 1 aliphatic rings. The van der Waals surface area contributed by atoms with Crippen molar-refractivity contribution < 1.29 is 9.32 Å². The predicted octanol–water partition coefficient (Wildman–Crippen LogP) is 2.63. The zero-order valence-electron chi connectivity index (χ0n) is 11.1. The van der Waals surface area contributed by atoms with E-state index in [1.54, 1.807) is 0 Å². The second kappa shape index (κ2) is 5.03. The number of benzene rings is 1. The average Bonchev–Trinajstić information content (AvgIpc) is 2.82. The maximum Gasteiger partial charge on any atom is 0.228 e. The van der Waals surface area contributed by atoms with Crippen molar-refractivity contribution in [1.82, 2.24) is 10.1 Å². The smallest absolute Gasteiger partial charge is 0.228 e. The number of hydrogen-bond acceptors (Lipinski definition) is 3. The molecule has 100 valence electrons. The van der Waals surface area contributed by atoms with E-state index in [-0.39, 0.29) is 5.91 Å². The molecule has 0 spiro atoms. The highest BCUT2D eigenvalue weighted by Crippen LogP contribution is 2.20. The van der Waals surface area contributed by atoms with Gasteiger partial charge >= 0.3 is 0 Å². The van der Waals surface area contributed by atoms with Gasteiger partial charge in [-0.2, -0.15) is 0 Å². The Hall–Kier alpha value is -1.84. The number of piperidine rings is 1. The molecule has 1 unspecified atom stereocenters. The minimum atomic E-state index is 0.158. The molecule has 1 aromatic heterocycles. The molecule has 1 aromatic carbocycles. The van der Waals surface area contributed by atoms with Gasteiger partial charge < -0.3 is 9.42 Å². The fourth-order valence-electron chi connectivity index (χ4n) is 2.74. The van der Waals surface area contributed by atoms with E-state index in [9.17, 15) is 4.79 Å². The molecular weight excluding hydrogens is 240 g/mol. The molecule has 0 N–H and O–H groups in total. The van der Waals surface area contributed by atoms with E-state index in [2.05, 4.69) is 12.1 Å². The van der Waals surface area contributed by atoms with Gasteiger partial charge in [0.05, 0.1) is 6.42 Å². The molecule has 1 aliphatic heterocycles. The van der Waals surface area contributed by atoms with Gasteiger partial charge in [0, 0.05) is 18.5 Å². The van der Waals surface area contributed by atoms with Gasteiger partial charge in [-0.1, -0.05) is 24.2 Å². The van der Waals surface area contributed by atoms with Gasteiger partial charge in [-0.3, -0.25) is 4.79 Å². The topological polar surface area (TPSA) is 46.3 Å². The molecule has 3 rings (SSSR count). The average molecular weight is 258 g/mol. The number of hydrogen-bond donors (Lipinski definition) is 0. The molecule has 4 nitrogen and oxygen atoms in total. The van der Waals surface area contributed by atoms with Crippen LogP contribution in [0.5, 0.6) is 0 Å². The zero-order chi connectivity index (χ0) is 13.2. The summed E-state index contributed by atoms with van der Waals surface area (Å²) in [6, 6.07) is 7.68. The molecule has 0 saturated carbocycles. The lowest BCUT2D eigenvalue weighted by molar-refractivity contribution is -0.132. The third-order valence-corrected chi connectivity index (χ3v) is 3.78. The first-order valence-corrected chi connectivity index (χ1v) is 6.85. The lowest BCUT2D eigenvalue weighted by Crippen LogP contribution is -2.40. The molecule has 2 heterocycles. The molecule has 1 amide bonds. The standard InChI is InChI=1S/C15H18N2O2/c1-11-5-4-8-17(10-11)15(18)9-13-12-6-2-3-7-14(12)19-16-13/h2-3,6-7,11H,4-5,8-10H2,1H3. The summed E-state index contributed by atoms with van der Waals surface area (Å²) in [5.74, 6) is 0.761. The Kier molecular flexibility index (Phi) is 3.23. The maximum absolute atomic E-state index is 12.3. The lowest BCUT2D eigenvalue weighted by Gasteiger charge is -2.30. The fourth-order valence-corrected chi connectivity index (χ4v) is 2.74. The van der Waals surface area contributed by atoms with Crippen molar-refractivity contribution in [2.24, 2.45) is 5.92 Å². The Labute approximate surface area is 112 Å².